The quantitative estimate of drug-likeness (QED) is 0.434. The largest absolute Gasteiger partial charge is 0.481 e. The number of halogens is 1. The van der Waals surface area contributed by atoms with E-state index in [1.807, 2.05) is 77.7 Å². The summed E-state index contributed by atoms with van der Waals surface area (Å²) >= 11 is 6.40. The highest BCUT2D eigenvalue weighted by molar-refractivity contribution is 6.33. The second-order valence-electron chi connectivity index (χ2n) is 6.92. The van der Waals surface area contributed by atoms with E-state index in [2.05, 4.69) is 0 Å². The smallest absolute Gasteiger partial charge is 0.305 e. The molecule has 4 rings (SSSR count). The van der Waals surface area contributed by atoms with E-state index in [0.29, 0.717) is 29.8 Å². The summed E-state index contributed by atoms with van der Waals surface area (Å²) in [7, 11) is 0. The van der Waals surface area contributed by atoms with Crippen LogP contribution in [0.15, 0.2) is 78.9 Å². The molecule has 0 aliphatic heterocycles. The van der Waals surface area contributed by atoms with Crippen molar-refractivity contribution in [3.8, 4) is 11.4 Å². The van der Waals surface area contributed by atoms with Crippen LogP contribution in [0.3, 0.4) is 0 Å². The molecule has 0 fully saturated rings. The molecule has 0 atom stereocenters. The highest BCUT2D eigenvalue weighted by Gasteiger charge is 2.18. The van der Waals surface area contributed by atoms with Crippen molar-refractivity contribution in [1.82, 2.24) is 9.97 Å². The molecular weight excluding hydrogens is 398 g/mol. The summed E-state index contributed by atoms with van der Waals surface area (Å²) in [4.78, 5) is 22.9. The second-order valence-corrected chi connectivity index (χ2v) is 7.33. The first-order valence-corrected chi connectivity index (χ1v) is 10.0. The lowest BCUT2D eigenvalue weighted by molar-refractivity contribution is -0.136. The van der Waals surface area contributed by atoms with E-state index in [4.69, 9.17) is 21.6 Å². The number of carboxylic acid groups (broad SMARTS) is 1. The van der Waals surface area contributed by atoms with Gasteiger partial charge in [0.2, 0.25) is 0 Å². The van der Waals surface area contributed by atoms with Crippen LogP contribution in [0.2, 0.25) is 5.02 Å². The molecule has 1 aromatic heterocycles. The van der Waals surface area contributed by atoms with E-state index in [1.165, 1.54) is 0 Å². The molecule has 0 amide bonds. The Bertz CT molecular complexity index is 1180. The van der Waals surface area contributed by atoms with E-state index in [1.54, 1.807) is 6.07 Å². The maximum absolute atomic E-state index is 11.3. The number of para-hydroxylation sites is 1. The molecule has 4 aromatic rings. The Morgan fingerprint density at radius 2 is 1.60 bits per heavy atom. The first kappa shape index (κ1) is 19.9. The third kappa shape index (κ3) is 4.42. The Hall–Kier alpha value is -3.44. The molecule has 150 valence electrons. The molecule has 5 nitrogen and oxygen atoms in total. The van der Waals surface area contributed by atoms with Gasteiger partial charge in [0.25, 0.3) is 0 Å². The summed E-state index contributed by atoms with van der Waals surface area (Å²) in [6, 6.07) is 25.1. The molecule has 0 radical (unpaired) electrons. The van der Waals surface area contributed by atoms with E-state index < -0.39 is 5.97 Å². The van der Waals surface area contributed by atoms with E-state index >= 15 is 0 Å². The maximum Gasteiger partial charge on any atom is 0.305 e. The van der Waals surface area contributed by atoms with Gasteiger partial charge in [-0.2, -0.15) is 0 Å². The van der Waals surface area contributed by atoms with E-state index in [-0.39, 0.29) is 6.42 Å². The first-order valence-electron chi connectivity index (χ1n) is 9.64. The zero-order chi connectivity index (χ0) is 20.9. The Balaban J connectivity index is 1.86. The van der Waals surface area contributed by atoms with Crippen molar-refractivity contribution >= 4 is 34.3 Å². The van der Waals surface area contributed by atoms with Crippen LogP contribution in [0, 0.1) is 0 Å². The van der Waals surface area contributed by atoms with Crippen molar-refractivity contribution in [1.29, 1.82) is 0 Å². The third-order valence-electron chi connectivity index (χ3n) is 4.81. The molecule has 0 bridgehead atoms. The number of aliphatic carboxylic acids is 1. The van der Waals surface area contributed by atoms with Gasteiger partial charge in [-0.1, -0.05) is 66.2 Å². The van der Waals surface area contributed by atoms with Crippen LogP contribution >= 0.6 is 11.6 Å². The van der Waals surface area contributed by atoms with Gasteiger partial charge >= 0.3 is 5.97 Å². The number of carbonyl (C=O) groups is 1. The van der Waals surface area contributed by atoms with Crippen molar-refractivity contribution in [2.24, 2.45) is 0 Å². The molecule has 0 unspecified atom stereocenters. The number of rotatable bonds is 7. The van der Waals surface area contributed by atoms with Crippen molar-refractivity contribution in [2.45, 2.75) is 13.0 Å². The normalized spacial score (nSPS) is 10.8. The first-order chi connectivity index (χ1) is 14.6. The molecule has 0 saturated heterocycles. The summed E-state index contributed by atoms with van der Waals surface area (Å²) < 4.78 is 0. The van der Waals surface area contributed by atoms with Gasteiger partial charge in [-0.25, -0.2) is 9.97 Å². The van der Waals surface area contributed by atoms with Gasteiger partial charge in [0, 0.05) is 24.0 Å². The van der Waals surface area contributed by atoms with Gasteiger partial charge in [-0.3, -0.25) is 4.79 Å². The van der Waals surface area contributed by atoms with E-state index in [0.717, 1.165) is 22.0 Å². The molecule has 0 saturated carbocycles. The summed E-state index contributed by atoms with van der Waals surface area (Å²) in [6.45, 7) is 0.865. The van der Waals surface area contributed by atoms with Crippen LogP contribution in [0.4, 0.5) is 5.82 Å². The lowest BCUT2D eigenvalue weighted by Crippen LogP contribution is -2.27. The van der Waals surface area contributed by atoms with Crippen LogP contribution in [0.1, 0.15) is 12.0 Å². The molecule has 1 heterocycles. The van der Waals surface area contributed by atoms with Crippen LogP contribution in [-0.4, -0.2) is 27.6 Å². The number of hydrogen-bond donors (Lipinski definition) is 1. The van der Waals surface area contributed by atoms with Gasteiger partial charge in [-0.05, 0) is 29.8 Å². The molecule has 0 spiro atoms. The molecule has 30 heavy (non-hydrogen) atoms. The lowest BCUT2D eigenvalue weighted by atomic mass is 10.1. The van der Waals surface area contributed by atoms with Crippen molar-refractivity contribution in [3.63, 3.8) is 0 Å². The van der Waals surface area contributed by atoms with Crippen molar-refractivity contribution < 1.29 is 9.90 Å². The van der Waals surface area contributed by atoms with Crippen molar-refractivity contribution in [2.75, 3.05) is 11.4 Å². The fraction of sp³-hybridized carbons (Fsp3) is 0.125. The zero-order valence-corrected chi connectivity index (χ0v) is 17.0. The fourth-order valence-electron chi connectivity index (χ4n) is 3.36. The SMILES string of the molecule is O=C(O)CCN(Cc1ccccc1)c1nc(-c2ccccc2Cl)nc2ccccc12. The predicted molar refractivity (Wildman–Crippen MR) is 120 cm³/mol. The number of carboxylic acids is 1. The minimum atomic E-state index is -0.849. The van der Waals surface area contributed by atoms with E-state index in [9.17, 15) is 9.90 Å². The van der Waals surface area contributed by atoms with Gasteiger partial charge in [0.15, 0.2) is 5.82 Å². The lowest BCUT2D eigenvalue weighted by Gasteiger charge is -2.25. The number of nitrogens with zero attached hydrogens (tertiary/aromatic N) is 3. The Morgan fingerprint density at radius 3 is 2.37 bits per heavy atom. The number of fused-ring (bicyclic) bond motifs is 1. The predicted octanol–water partition coefficient (Wildman–Crippen LogP) is 5.43. The number of hydrogen-bond acceptors (Lipinski definition) is 4. The van der Waals surface area contributed by atoms with Gasteiger partial charge in [0.1, 0.15) is 5.82 Å². The molecule has 3 aromatic carbocycles. The highest BCUT2D eigenvalue weighted by atomic mass is 35.5. The average molecular weight is 418 g/mol. The number of anilines is 1. The number of aromatic nitrogens is 2. The Labute approximate surface area is 179 Å². The Kier molecular flexibility index (Phi) is 5.91. The highest BCUT2D eigenvalue weighted by Crippen LogP contribution is 2.31. The topological polar surface area (TPSA) is 66.3 Å². The van der Waals surface area contributed by atoms with Gasteiger partial charge in [-0.15, -0.1) is 0 Å². The summed E-state index contributed by atoms with van der Waals surface area (Å²) in [5.74, 6) is 0.362. The minimum Gasteiger partial charge on any atom is -0.481 e. The van der Waals surface area contributed by atoms with Crippen LogP contribution in [-0.2, 0) is 11.3 Å². The van der Waals surface area contributed by atoms with Crippen LogP contribution in [0.5, 0.6) is 0 Å². The second kappa shape index (κ2) is 8.93. The molecule has 0 aliphatic carbocycles. The summed E-state index contributed by atoms with van der Waals surface area (Å²) in [5.41, 5.74) is 2.60. The molecule has 1 N–H and O–H groups in total. The molecule has 0 aliphatic rings. The van der Waals surface area contributed by atoms with Crippen LogP contribution < -0.4 is 4.90 Å². The number of benzene rings is 3. The fourth-order valence-corrected chi connectivity index (χ4v) is 3.58. The monoisotopic (exact) mass is 417 g/mol. The third-order valence-corrected chi connectivity index (χ3v) is 5.14. The Morgan fingerprint density at radius 1 is 0.900 bits per heavy atom. The van der Waals surface area contributed by atoms with Crippen molar-refractivity contribution in [3.05, 3.63) is 89.4 Å². The zero-order valence-electron chi connectivity index (χ0n) is 16.2. The standard InChI is InChI=1S/C24H20ClN3O2/c25-20-12-6-4-10-18(20)23-26-21-13-7-5-11-19(21)24(27-23)28(15-14-22(29)30)16-17-8-2-1-3-9-17/h1-13H,14-16H2,(H,29,30). The van der Waals surface area contributed by atoms with Crippen LogP contribution in [0.25, 0.3) is 22.3 Å². The average Bonchev–Trinajstić information content (AvgIpc) is 2.77. The minimum absolute atomic E-state index is 0.00654. The summed E-state index contributed by atoms with van der Waals surface area (Å²) in [6.07, 6.45) is 0.00654. The maximum atomic E-state index is 11.3. The summed E-state index contributed by atoms with van der Waals surface area (Å²) in [5, 5.41) is 10.7. The molecule has 6 heteroatoms. The molecular formula is C24H20ClN3O2. The van der Waals surface area contributed by atoms with Gasteiger partial charge in [0.05, 0.1) is 17.0 Å². The van der Waals surface area contributed by atoms with Gasteiger partial charge < -0.3 is 10.0 Å².